The monoisotopic (exact) mass is 458 g/mol. The van der Waals surface area contributed by atoms with Crippen LogP contribution in [0.4, 0.5) is 26.1 Å². The predicted molar refractivity (Wildman–Crippen MR) is 112 cm³/mol. The molecule has 162 valence electrons. The molecule has 2 heterocycles. The molecule has 0 radical (unpaired) electrons. The molecule has 0 bridgehead atoms. The summed E-state index contributed by atoms with van der Waals surface area (Å²) in [5.41, 5.74) is 0.720. The van der Waals surface area contributed by atoms with E-state index < -0.39 is 22.3 Å². The van der Waals surface area contributed by atoms with Crippen LogP contribution in [-0.2, 0) is 7.05 Å². The Morgan fingerprint density at radius 2 is 1.97 bits per heavy atom. The molecule has 2 aromatic heterocycles. The van der Waals surface area contributed by atoms with Gasteiger partial charge in [-0.1, -0.05) is 17.7 Å². The van der Waals surface area contributed by atoms with Crippen molar-refractivity contribution >= 4 is 28.9 Å². The Balaban J connectivity index is 1.79. The molecule has 2 aromatic carbocycles. The number of ether oxygens (including phenoxy) is 1. The summed E-state index contributed by atoms with van der Waals surface area (Å²) in [7, 11) is 1.73. The van der Waals surface area contributed by atoms with Crippen LogP contribution >= 0.6 is 11.6 Å². The Labute approximate surface area is 184 Å². The van der Waals surface area contributed by atoms with Crippen molar-refractivity contribution in [3.8, 4) is 22.8 Å². The lowest BCUT2D eigenvalue weighted by molar-refractivity contribution is -0.385. The van der Waals surface area contributed by atoms with Gasteiger partial charge in [-0.15, -0.1) is 0 Å². The van der Waals surface area contributed by atoms with Crippen LogP contribution in [0.1, 0.15) is 0 Å². The third-order valence-corrected chi connectivity index (χ3v) is 4.58. The van der Waals surface area contributed by atoms with E-state index in [1.165, 1.54) is 24.5 Å². The molecular formula is C20H13ClF2N6O3. The van der Waals surface area contributed by atoms with Gasteiger partial charge in [0.05, 0.1) is 33.5 Å². The van der Waals surface area contributed by atoms with Crippen LogP contribution in [0.25, 0.3) is 11.1 Å². The maximum Gasteiger partial charge on any atom is 0.273 e. The number of aromatic nitrogens is 4. The molecule has 0 aliphatic heterocycles. The van der Waals surface area contributed by atoms with Crippen molar-refractivity contribution in [2.45, 2.75) is 0 Å². The molecule has 1 N–H and O–H groups in total. The number of benzene rings is 2. The van der Waals surface area contributed by atoms with E-state index in [0.29, 0.717) is 11.3 Å². The molecule has 0 unspecified atom stereocenters. The molecule has 32 heavy (non-hydrogen) atoms. The molecule has 0 aliphatic carbocycles. The molecule has 0 fully saturated rings. The number of hydrogen-bond acceptors (Lipinski definition) is 7. The predicted octanol–water partition coefficient (Wildman–Crippen LogP) is 5.25. The molecule has 12 heteroatoms. The first-order valence-corrected chi connectivity index (χ1v) is 9.38. The number of nitro groups is 1. The maximum absolute atomic E-state index is 14.3. The summed E-state index contributed by atoms with van der Waals surface area (Å²) < 4.78 is 35.5. The number of hydrogen-bond donors (Lipinski definition) is 1. The van der Waals surface area contributed by atoms with Gasteiger partial charge >= 0.3 is 0 Å². The van der Waals surface area contributed by atoms with Crippen LogP contribution in [0, 0.1) is 21.7 Å². The van der Waals surface area contributed by atoms with E-state index >= 15 is 0 Å². The summed E-state index contributed by atoms with van der Waals surface area (Å²) in [6, 6.07) is 6.84. The lowest BCUT2D eigenvalue weighted by atomic mass is 10.1. The molecule has 0 spiro atoms. The zero-order valence-corrected chi connectivity index (χ0v) is 17.0. The molecule has 4 aromatic rings. The van der Waals surface area contributed by atoms with Gasteiger partial charge in [-0.25, -0.2) is 13.8 Å². The fourth-order valence-corrected chi connectivity index (χ4v) is 2.89. The highest BCUT2D eigenvalue weighted by molar-refractivity contribution is 6.30. The second-order valence-electron chi connectivity index (χ2n) is 6.54. The highest BCUT2D eigenvalue weighted by atomic mass is 35.5. The molecule has 9 nitrogen and oxygen atoms in total. The second kappa shape index (κ2) is 8.55. The Bertz CT molecular complexity index is 1330. The molecule has 0 amide bonds. The minimum Gasteiger partial charge on any atom is -0.435 e. The minimum absolute atomic E-state index is 0.0806. The van der Waals surface area contributed by atoms with Gasteiger partial charge in [0.15, 0.2) is 11.6 Å². The molecular weight excluding hydrogens is 446 g/mol. The highest BCUT2D eigenvalue weighted by Gasteiger charge is 2.18. The molecule has 0 atom stereocenters. The van der Waals surface area contributed by atoms with E-state index in [9.17, 15) is 18.9 Å². The van der Waals surface area contributed by atoms with Gasteiger partial charge in [0.2, 0.25) is 11.8 Å². The summed E-state index contributed by atoms with van der Waals surface area (Å²) in [5, 5.41) is 17.9. The van der Waals surface area contributed by atoms with Crippen LogP contribution in [0.3, 0.4) is 0 Å². The first-order valence-electron chi connectivity index (χ1n) is 9.00. The number of nitro benzene ring substituents is 1. The number of non-ortho nitro benzene ring substituents is 1. The van der Waals surface area contributed by atoms with Gasteiger partial charge in [0.1, 0.15) is 5.82 Å². The average Bonchev–Trinajstić information content (AvgIpc) is 3.16. The molecule has 0 saturated carbocycles. The van der Waals surface area contributed by atoms with Crippen molar-refractivity contribution in [2.75, 3.05) is 5.32 Å². The van der Waals surface area contributed by atoms with E-state index in [1.54, 1.807) is 17.9 Å². The lowest BCUT2D eigenvalue weighted by Gasteiger charge is -2.13. The smallest absolute Gasteiger partial charge is 0.273 e. The van der Waals surface area contributed by atoms with Gasteiger partial charge < -0.3 is 10.1 Å². The topological polar surface area (TPSA) is 108 Å². The zero-order chi connectivity index (χ0) is 22.8. The standard InChI is InChI=1S/C20H13ClF2N6O3/c1-28-10-12(8-25-28)26-20-24-9-14(11-2-4-15(21)17(23)6-11)19(27-20)32-18-7-13(29(30)31)3-5-16(18)22/h2-10H,1H3,(H,24,26,27). The number of halogens is 3. The van der Waals surface area contributed by atoms with Crippen molar-refractivity contribution in [1.29, 1.82) is 0 Å². The lowest BCUT2D eigenvalue weighted by Crippen LogP contribution is -2.01. The summed E-state index contributed by atoms with van der Waals surface area (Å²) in [6.45, 7) is 0. The maximum atomic E-state index is 14.3. The largest absolute Gasteiger partial charge is 0.435 e. The van der Waals surface area contributed by atoms with Gasteiger partial charge in [0.25, 0.3) is 5.69 Å². The third-order valence-electron chi connectivity index (χ3n) is 4.28. The third kappa shape index (κ3) is 4.47. The van der Waals surface area contributed by atoms with Crippen LogP contribution in [0.5, 0.6) is 11.6 Å². The van der Waals surface area contributed by atoms with Crippen molar-refractivity contribution < 1.29 is 18.4 Å². The van der Waals surface area contributed by atoms with E-state index in [0.717, 1.165) is 24.3 Å². The van der Waals surface area contributed by atoms with Crippen molar-refractivity contribution in [3.63, 3.8) is 0 Å². The fourth-order valence-electron chi connectivity index (χ4n) is 2.77. The summed E-state index contributed by atoms with van der Waals surface area (Å²) in [6.07, 6.45) is 4.55. The number of nitrogens with zero attached hydrogens (tertiary/aromatic N) is 5. The van der Waals surface area contributed by atoms with E-state index in [2.05, 4.69) is 20.4 Å². The van der Waals surface area contributed by atoms with E-state index in [-0.39, 0.29) is 28.1 Å². The number of nitrogens with one attached hydrogen (secondary N) is 1. The Kier molecular flexibility index (Phi) is 5.65. The van der Waals surface area contributed by atoms with E-state index in [1.807, 2.05) is 0 Å². The van der Waals surface area contributed by atoms with Crippen molar-refractivity contribution in [1.82, 2.24) is 19.7 Å². The van der Waals surface area contributed by atoms with Gasteiger partial charge in [0, 0.05) is 25.5 Å². The second-order valence-corrected chi connectivity index (χ2v) is 6.95. The molecule has 0 aliphatic rings. The van der Waals surface area contributed by atoms with Gasteiger partial charge in [-0.05, 0) is 23.8 Å². The van der Waals surface area contributed by atoms with Crippen LogP contribution < -0.4 is 10.1 Å². The van der Waals surface area contributed by atoms with Crippen LogP contribution in [0.15, 0.2) is 55.0 Å². The Hall–Kier alpha value is -4.12. The minimum atomic E-state index is -0.843. The number of aryl methyl sites for hydroxylation is 1. The molecule has 0 saturated heterocycles. The number of anilines is 2. The summed E-state index contributed by atoms with van der Waals surface area (Å²) >= 11 is 5.75. The normalized spacial score (nSPS) is 10.8. The van der Waals surface area contributed by atoms with Gasteiger partial charge in [-0.2, -0.15) is 10.1 Å². The fraction of sp³-hybridized carbons (Fsp3) is 0.0500. The number of rotatable bonds is 6. The van der Waals surface area contributed by atoms with Crippen LogP contribution in [-0.4, -0.2) is 24.7 Å². The SMILES string of the molecule is Cn1cc(Nc2ncc(-c3ccc(Cl)c(F)c3)c(Oc3cc([N+](=O)[O-])ccc3F)n2)cn1. The van der Waals surface area contributed by atoms with Gasteiger partial charge in [-0.3, -0.25) is 14.8 Å². The zero-order valence-electron chi connectivity index (χ0n) is 16.3. The van der Waals surface area contributed by atoms with Crippen LogP contribution in [0.2, 0.25) is 5.02 Å². The summed E-state index contributed by atoms with van der Waals surface area (Å²) in [4.78, 5) is 18.8. The Morgan fingerprint density at radius 1 is 1.16 bits per heavy atom. The average molecular weight is 459 g/mol. The quantitative estimate of drug-likeness (QED) is 0.310. The van der Waals surface area contributed by atoms with E-state index in [4.69, 9.17) is 16.3 Å². The first kappa shape index (κ1) is 21.1. The van der Waals surface area contributed by atoms with Crippen molar-refractivity contribution in [3.05, 3.63) is 81.8 Å². The highest BCUT2D eigenvalue weighted by Crippen LogP contribution is 2.35. The first-order chi connectivity index (χ1) is 15.3. The molecule has 4 rings (SSSR count). The Morgan fingerprint density at radius 3 is 2.66 bits per heavy atom. The van der Waals surface area contributed by atoms with Crippen molar-refractivity contribution in [2.24, 2.45) is 7.05 Å². The summed E-state index contributed by atoms with van der Waals surface area (Å²) in [5.74, 6) is -2.04.